The number of anilines is 3. The van der Waals surface area contributed by atoms with Crippen molar-refractivity contribution in [1.82, 2.24) is 0 Å². The van der Waals surface area contributed by atoms with Gasteiger partial charge in [0.15, 0.2) is 0 Å². The van der Waals surface area contributed by atoms with Gasteiger partial charge in [-0.1, -0.05) is 182 Å². The van der Waals surface area contributed by atoms with Crippen LogP contribution >= 0.6 is 0 Å². The van der Waals surface area contributed by atoms with Crippen LogP contribution in [0.15, 0.2) is 224 Å². The molecule has 1 heteroatoms. The molecule has 0 atom stereocenters. The number of fused-ring (bicyclic) bond motifs is 1. The number of hydrogen-bond donors (Lipinski definition) is 0. The van der Waals surface area contributed by atoms with Crippen LogP contribution in [0.1, 0.15) is 17.8 Å². The van der Waals surface area contributed by atoms with E-state index in [9.17, 15) is 11.0 Å². The first-order valence-electron chi connectivity index (χ1n) is 23.6. The molecule has 0 aliphatic rings. The third kappa shape index (κ3) is 6.65. The zero-order valence-electron chi connectivity index (χ0n) is 41.3. The Labute approximate surface area is 330 Å². The van der Waals surface area contributed by atoms with E-state index >= 15 is 0 Å². The van der Waals surface area contributed by atoms with Gasteiger partial charge in [0.05, 0.1) is 17.8 Å². The first kappa shape index (κ1) is 20.8. The Kier molecular flexibility index (Phi) is 5.62. The van der Waals surface area contributed by atoms with E-state index in [-0.39, 0.29) is 16.9 Å². The third-order valence-electron chi connectivity index (χ3n) is 9.12. The smallest absolute Gasteiger partial charge is 0.0645 e. The van der Waals surface area contributed by atoms with Crippen LogP contribution in [0.2, 0.25) is 0 Å². The molecular formula is C52H37N. The summed E-state index contributed by atoms with van der Waals surface area (Å²) in [4.78, 5) is 1.17. The van der Waals surface area contributed by atoms with Crippen LogP contribution < -0.4 is 4.90 Å². The van der Waals surface area contributed by atoms with Crippen LogP contribution in [0.4, 0.5) is 17.1 Å². The van der Waals surface area contributed by atoms with E-state index in [1.54, 1.807) is 36.4 Å². The van der Waals surface area contributed by atoms with Crippen molar-refractivity contribution in [2.75, 3.05) is 4.90 Å². The predicted octanol–water partition coefficient (Wildman–Crippen LogP) is 14.6. The molecule has 0 heterocycles. The highest BCUT2D eigenvalue weighted by Gasteiger charge is 2.14. The van der Waals surface area contributed by atoms with Crippen molar-refractivity contribution in [3.63, 3.8) is 0 Å². The molecule has 0 N–H and O–H groups in total. The summed E-state index contributed by atoms with van der Waals surface area (Å²) in [5.74, 6) is 0. The summed E-state index contributed by atoms with van der Waals surface area (Å²) in [5.41, 5.74) is 4.29. The maximum absolute atomic E-state index is 9.46. The molecule has 0 radical (unpaired) electrons. The second-order valence-corrected chi connectivity index (χ2v) is 12.4. The molecule has 0 spiro atoms. The summed E-state index contributed by atoms with van der Waals surface area (Å²) in [6.07, 6.45) is 0. The van der Waals surface area contributed by atoms with Gasteiger partial charge in [0, 0.05) is 17.1 Å². The number of hydrogen-bond acceptors (Lipinski definition) is 1. The average Bonchev–Trinajstić information content (AvgIpc) is 3.35. The fraction of sp³-hybridized carbons (Fsp3) is 0. The highest BCUT2D eigenvalue weighted by atomic mass is 15.1. The quantitative estimate of drug-likeness (QED) is 0.154. The topological polar surface area (TPSA) is 3.24 Å². The minimum absolute atomic E-state index is 0.0193. The van der Waals surface area contributed by atoms with E-state index in [1.165, 1.54) is 4.90 Å². The monoisotopic (exact) mass is 688 g/mol. The minimum Gasteiger partial charge on any atom is -0.311 e. The Hall–Kier alpha value is -6.96. The molecule has 0 fully saturated rings. The van der Waals surface area contributed by atoms with Crippen molar-refractivity contribution in [1.29, 1.82) is 0 Å². The molecule has 9 aromatic rings. The normalized spacial score (nSPS) is 14.5. The number of nitrogens with zero attached hydrogens (tertiary/aromatic N) is 1. The SMILES string of the molecule is [2H]c1c([2H])c([2H])c(-c2c([2H])c([2H])c(N(c3ccc(-c4cccc(-c5cccc6ccccc56)c4)cc3)c3c([2H])c([2H])c(-c4ccc(-c5ccccc5)cc4)c([2H])c3[2H])c([2H])c2[2H])c([2H])c1[2H]. The van der Waals surface area contributed by atoms with E-state index in [1.807, 2.05) is 78.9 Å². The van der Waals surface area contributed by atoms with Crippen molar-refractivity contribution in [2.24, 2.45) is 0 Å². The lowest BCUT2D eigenvalue weighted by atomic mass is 9.95. The van der Waals surface area contributed by atoms with Crippen LogP contribution in [-0.2, 0) is 0 Å². The van der Waals surface area contributed by atoms with E-state index in [4.69, 9.17) is 6.85 Å². The Morgan fingerprint density at radius 1 is 0.302 bits per heavy atom. The Balaban J connectivity index is 1.23. The van der Waals surface area contributed by atoms with Gasteiger partial charge in [-0.3, -0.25) is 0 Å². The van der Waals surface area contributed by atoms with Gasteiger partial charge in [0.1, 0.15) is 0 Å². The second kappa shape index (κ2) is 14.3. The fourth-order valence-corrected chi connectivity index (χ4v) is 6.46. The van der Waals surface area contributed by atoms with Gasteiger partial charge in [-0.2, -0.15) is 0 Å². The third-order valence-corrected chi connectivity index (χ3v) is 9.12. The molecule has 53 heavy (non-hydrogen) atoms. The predicted molar refractivity (Wildman–Crippen MR) is 226 cm³/mol. The van der Waals surface area contributed by atoms with E-state index in [0.717, 1.165) is 44.2 Å². The van der Waals surface area contributed by atoms with E-state index in [0.29, 0.717) is 5.56 Å². The second-order valence-electron chi connectivity index (χ2n) is 12.4. The molecule has 250 valence electrons. The summed E-state index contributed by atoms with van der Waals surface area (Å²) in [6, 6.07) is 37.6. The molecule has 0 saturated heterocycles. The number of rotatable bonds is 8. The van der Waals surface area contributed by atoms with Crippen LogP contribution in [-0.4, -0.2) is 0 Å². The molecule has 0 saturated carbocycles. The molecule has 9 rings (SSSR count). The minimum atomic E-state index is -0.734. The summed E-state index contributed by atoms with van der Waals surface area (Å²) < 4.78 is 116. The Bertz CT molecular complexity index is 3300. The Morgan fingerprint density at radius 3 is 1.47 bits per heavy atom. The van der Waals surface area contributed by atoms with Crippen LogP contribution in [0.5, 0.6) is 0 Å². The zero-order valence-corrected chi connectivity index (χ0v) is 28.3. The maximum Gasteiger partial charge on any atom is 0.0645 e. The standard InChI is InChI=1S/C52H37N/c1-3-11-38(12-4-1)40-21-23-41(24-22-40)43-27-33-49(34-28-43)53(48-31-25-42(26-32-48)39-13-5-2-6-14-39)50-35-29-44(30-36-50)46-17-9-18-47(37-46)52-20-10-16-45-15-7-8-19-51(45)52/h1-37H/i2D,5D,6D,13D,14D,25D,26D,27D,28D,31D,32D,33D,34D. The van der Waals surface area contributed by atoms with Gasteiger partial charge in [-0.15, -0.1) is 0 Å². The zero-order chi connectivity index (χ0) is 46.7. The van der Waals surface area contributed by atoms with Gasteiger partial charge in [0.25, 0.3) is 0 Å². The maximum atomic E-state index is 9.46. The lowest BCUT2D eigenvalue weighted by molar-refractivity contribution is 1.28. The van der Waals surface area contributed by atoms with Crippen molar-refractivity contribution in [3.8, 4) is 55.6 Å². The molecule has 0 bridgehead atoms. The molecule has 0 aromatic heterocycles. The van der Waals surface area contributed by atoms with Gasteiger partial charge < -0.3 is 4.90 Å². The van der Waals surface area contributed by atoms with Crippen LogP contribution in [0.25, 0.3) is 66.4 Å². The summed E-state index contributed by atoms with van der Waals surface area (Å²) >= 11 is 0. The van der Waals surface area contributed by atoms with Gasteiger partial charge in [0.2, 0.25) is 0 Å². The van der Waals surface area contributed by atoms with Gasteiger partial charge in [-0.25, -0.2) is 0 Å². The van der Waals surface area contributed by atoms with E-state index < -0.39 is 95.4 Å². The highest BCUT2D eigenvalue weighted by Crippen LogP contribution is 2.39. The molecule has 0 aliphatic carbocycles. The van der Waals surface area contributed by atoms with Crippen molar-refractivity contribution in [3.05, 3.63) is 224 Å². The van der Waals surface area contributed by atoms with Gasteiger partial charge in [-0.05, 0) is 109 Å². The van der Waals surface area contributed by atoms with Crippen molar-refractivity contribution < 1.29 is 17.8 Å². The molecule has 0 unspecified atom stereocenters. The summed E-state index contributed by atoms with van der Waals surface area (Å²) in [7, 11) is 0. The van der Waals surface area contributed by atoms with Crippen LogP contribution in [0, 0.1) is 0 Å². The molecular weight excluding hydrogens is 639 g/mol. The summed E-state index contributed by atoms with van der Waals surface area (Å²) in [5, 5.41) is 2.19. The fourth-order valence-electron chi connectivity index (χ4n) is 6.46. The lowest BCUT2D eigenvalue weighted by Gasteiger charge is -2.26. The number of benzene rings is 9. The van der Waals surface area contributed by atoms with Crippen LogP contribution in [0.3, 0.4) is 0 Å². The molecule has 0 aliphatic heterocycles. The molecule has 9 aromatic carbocycles. The van der Waals surface area contributed by atoms with Gasteiger partial charge >= 0.3 is 0 Å². The average molecular weight is 689 g/mol. The van der Waals surface area contributed by atoms with E-state index in [2.05, 4.69) is 30.3 Å². The summed E-state index contributed by atoms with van der Waals surface area (Å²) in [6.45, 7) is 0. The lowest BCUT2D eigenvalue weighted by Crippen LogP contribution is -2.09. The first-order valence-corrected chi connectivity index (χ1v) is 17.1. The van der Waals surface area contributed by atoms with Crippen molar-refractivity contribution in [2.45, 2.75) is 0 Å². The molecule has 1 nitrogen and oxygen atoms in total. The molecule has 0 amide bonds. The highest BCUT2D eigenvalue weighted by molar-refractivity contribution is 5.97. The Morgan fingerprint density at radius 2 is 0.774 bits per heavy atom. The van der Waals surface area contributed by atoms with Crippen molar-refractivity contribution >= 4 is 27.8 Å². The largest absolute Gasteiger partial charge is 0.311 e. The first-order chi connectivity index (χ1) is 31.7.